The molecule has 32 heavy (non-hydrogen) atoms. The minimum Gasteiger partial charge on any atom is -0.486 e. The van der Waals surface area contributed by atoms with Crippen LogP contribution >= 0.6 is 0 Å². The number of urea groups is 1. The van der Waals surface area contributed by atoms with Gasteiger partial charge >= 0.3 is 6.03 Å². The molecule has 1 atom stereocenters. The molecule has 0 bridgehead atoms. The maximum absolute atomic E-state index is 13.8. The minimum atomic E-state index is -0.320. The lowest BCUT2D eigenvalue weighted by molar-refractivity contribution is -0.126. The van der Waals surface area contributed by atoms with E-state index in [9.17, 15) is 14.0 Å². The standard InChI is InChI=1S/C25H30FN3O3/c1-3-20-16-29(22-14-17(2)8-9-23(22)32-20)25(31)28-12-10-18(11-13-28)24(30)27-15-19-6-4-5-7-21(19)26/h4-9,14,18,20H,3,10-13,15-16H2,1-2H3,(H,27,30). The summed E-state index contributed by atoms with van der Waals surface area (Å²) in [5, 5.41) is 2.84. The molecule has 4 rings (SSSR count). The summed E-state index contributed by atoms with van der Waals surface area (Å²) >= 11 is 0. The summed E-state index contributed by atoms with van der Waals surface area (Å²) in [6.45, 7) is 5.79. The van der Waals surface area contributed by atoms with Gasteiger partial charge in [0.2, 0.25) is 5.91 Å². The van der Waals surface area contributed by atoms with Gasteiger partial charge in [-0.1, -0.05) is 31.2 Å². The highest BCUT2D eigenvalue weighted by Gasteiger charge is 2.34. The van der Waals surface area contributed by atoms with E-state index in [1.165, 1.54) is 6.07 Å². The Bertz CT molecular complexity index is 988. The molecule has 2 aliphatic heterocycles. The van der Waals surface area contributed by atoms with Crippen molar-refractivity contribution in [2.24, 2.45) is 5.92 Å². The van der Waals surface area contributed by atoms with Gasteiger partial charge in [0.05, 0.1) is 12.2 Å². The molecule has 2 aromatic carbocycles. The van der Waals surface area contributed by atoms with E-state index in [2.05, 4.69) is 12.2 Å². The molecule has 7 heteroatoms. The Labute approximate surface area is 188 Å². The number of amides is 3. The Balaban J connectivity index is 1.36. The summed E-state index contributed by atoms with van der Waals surface area (Å²) in [5.74, 6) is 0.163. The summed E-state index contributed by atoms with van der Waals surface area (Å²) in [4.78, 5) is 29.6. The van der Waals surface area contributed by atoms with Crippen LogP contribution in [-0.2, 0) is 11.3 Å². The Morgan fingerprint density at radius 1 is 1.16 bits per heavy atom. The van der Waals surface area contributed by atoms with Crippen LogP contribution < -0.4 is 15.0 Å². The number of anilines is 1. The van der Waals surface area contributed by atoms with Crippen molar-refractivity contribution in [3.05, 3.63) is 59.4 Å². The van der Waals surface area contributed by atoms with Crippen LogP contribution in [0.4, 0.5) is 14.9 Å². The Kier molecular flexibility index (Phi) is 6.63. The molecular formula is C25H30FN3O3. The molecule has 0 aliphatic carbocycles. The lowest BCUT2D eigenvalue weighted by Gasteiger charge is -2.39. The van der Waals surface area contributed by atoms with Gasteiger partial charge < -0.3 is 15.0 Å². The monoisotopic (exact) mass is 439 g/mol. The first kappa shape index (κ1) is 22.1. The lowest BCUT2D eigenvalue weighted by atomic mass is 9.96. The number of piperidine rings is 1. The van der Waals surface area contributed by atoms with Crippen LogP contribution in [0.2, 0.25) is 0 Å². The highest BCUT2D eigenvalue weighted by atomic mass is 19.1. The van der Waals surface area contributed by atoms with Gasteiger partial charge in [-0.2, -0.15) is 0 Å². The quantitative estimate of drug-likeness (QED) is 0.774. The molecule has 0 radical (unpaired) electrons. The molecule has 0 spiro atoms. The van der Waals surface area contributed by atoms with Gasteiger partial charge in [-0.3, -0.25) is 9.69 Å². The van der Waals surface area contributed by atoms with Crippen molar-refractivity contribution in [1.82, 2.24) is 10.2 Å². The molecular weight excluding hydrogens is 409 g/mol. The fourth-order valence-electron chi connectivity index (χ4n) is 4.32. The van der Waals surface area contributed by atoms with E-state index in [-0.39, 0.29) is 36.3 Å². The molecule has 0 aromatic heterocycles. The average Bonchev–Trinajstić information content (AvgIpc) is 2.82. The summed E-state index contributed by atoms with van der Waals surface area (Å²) in [7, 11) is 0. The van der Waals surface area contributed by atoms with Crippen molar-refractivity contribution in [2.75, 3.05) is 24.5 Å². The topological polar surface area (TPSA) is 61.9 Å². The first-order chi connectivity index (χ1) is 15.5. The summed E-state index contributed by atoms with van der Waals surface area (Å²) in [6, 6.07) is 12.3. The Hall–Kier alpha value is -3.09. The summed E-state index contributed by atoms with van der Waals surface area (Å²) in [6.07, 6.45) is 1.98. The third kappa shape index (κ3) is 4.71. The Morgan fingerprint density at radius 2 is 1.91 bits per heavy atom. The minimum absolute atomic E-state index is 0.0316. The van der Waals surface area contributed by atoms with E-state index in [0.717, 1.165) is 23.4 Å². The first-order valence-corrected chi connectivity index (χ1v) is 11.3. The van der Waals surface area contributed by atoms with E-state index in [1.54, 1.807) is 18.2 Å². The molecule has 1 saturated heterocycles. The zero-order chi connectivity index (χ0) is 22.7. The highest BCUT2D eigenvalue weighted by Crippen LogP contribution is 2.36. The number of benzene rings is 2. The fraction of sp³-hybridized carbons (Fsp3) is 0.440. The summed E-state index contributed by atoms with van der Waals surface area (Å²) < 4.78 is 19.8. The van der Waals surface area contributed by atoms with Crippen molar-refractivity contribution in [1.29, 1.82) is 0 Å². The van der Waals surface area contributed by atoms with Crippen molar-refractivity contribution >= 4 is 17.6 Å². The third-order valence-electron chi connectivity index (χ3n) is 6.32. The van der Waals surface area contributed by atoms with E-state index in [0.29, 0.717) is 38.0 Å². The van der Waals surface area contributed by atoms with Crippen LogP contribution in [0.15, 0.2) is 42.5 Å². The number of carbonyl (C=O) groups excluding carboxylic acids is 2. The first-order valence-electron chi connectivity index (χ1n) is 11.3. The molecule has 2 aliphatic rings. The highest BCUT2D eigenvalue weighted by molar-refractivity contribution is 5.94. The van der Waals surface area contributed by atoms with Gasteiger partial charge in [-0.15, -0.1) is 0 Å². The normalized spacial score (nSPS) is 18.7. The second-order valence-electron chi connectivity index (χ2n) is 8.58. The van der Waals surface area contributed by atoms with Crippen molar-refractivity contribution in [2.45, 2.75) is 45.8 Å². The Morgan fingerprint density at radius 3 is 2.62 bits per heavy atom. The molecule has 1 fully saturated rings. The largest absolute Gasteiger partial charge is 0.486 e. The second-order valence-corrected chi connectivity index (χ2v) is 8.58. The number of hydrogen-bond donors (Lipinski definition) is 1. The van der Waals surface area contributed by atoms with Crippen molar-refractivity contribution in [3.63, 3.8) is 0 Å². The van der Waals surface area contributed by atoms with Gasteiger partial charge in [0.25, 0.3) is 0 Å². The van der Waals surface area contributed by atoms with Crippen LogP contribution in [-0.4, -0.2) is 42.6 Å². The number of aryl methyl sites for hydroxylation is 1. The molecule has 1 unspecified atom stereocenters. The van der Waals surface area contributed by atoms with Gasteiger partial charge in [-0.25, -0.2) is 9.18 Å². The maximum atomic E-state index is 13.8. The smallest absolute Gasteiger partial charge is 0.324 e. The number of ether oxygens (including phenoxy) is 1. The number of rotatable bonds is 4. The summed E-state index contributed by atoms with van der Waals surface area (Å²) in [5.41, 5.74) is 2.36. The number of nitrogens with zero attached hydrogens (tertiary/aromatic N) is 2. The fourth-order valence-corrected chi connectivity index (χ4v) is 4.32. The SMILES string of the molecule is CCC1CN(C(=O)N2CCC(C(=O)NCc3ccccc3F)CC2)c2cc(C)ccc2O1. The average molecular weight is 440 g/mol. The van der Waals surface area contributed by atoms with Gasteiger partial charge in [-0.05, 0) is 49.9 Å². The molecule has 2 heterocycles. The number of fused-ring (bicyclic) bond motifs is 1. The van der Waals surface area contributed by atoms with Crippen LogP contribution in [0.3, 0.4) is 0 Å². The maximum Gasteiger partial charge on any atom is 0.324 e. The van der Waals surface area contributed by atoms with Crippen molar-refractivity contribution < 1.29 is 18.7 Å². The molecule has 6 nitrogen and oxygen atoms in total. The lowest BCUT2D eigenvalue weighted by Crippen LogP contribution is -2.52. The van der Waals surface area contributed by atoms with E-state index >= 15 is 0 Å². The van der Waals surface area contributed by atoms with Crippen LogP contribution in [0, 0.1) is 18.7 Å². The molecule has 2 aromatic rings. The number of hydrogen-bond acceptors (Lipinski definition) is 3. The van der Waals surface area contributed by atoms with Gasteiger partial charge in [0.15, 0.2) is 0 Å². The number of halogens is 1. The van der Waals surface area contributed by atoms with Crippen LogP contribution in [0.5, 0.6) is 5.75 Å². The van der Waals surface area contributed by atoms with Crippen LogP contribution in [0.1, 0.15) is 37.3 Å². The molecule has 1 N–H and O–H groups in total. The molecule has 0 saturated carbocycles. The van der Waals surface area contributed by atoms with E-state index in [1.807, 2.05) is 34.9 Å². The van der Waals surface area contributed by atoms with Gasteiger partial charge in [0.1, 0.15) is 17.7 Å². The van der Waals surface area contributed by atoms with E-state index in [4.69, 9.17) is 4.74 Å². The zero-order valence-corrected chi connectivity index (χ0v) is 18.6. The number of nitrogens with one attached hydrogen (secondary N) is 1. The predicted octanol–water partition coefficient (Wildman–Crippen LogP) is 4.26. The molecule has 170 valence electrons. The zero-order valence-electron chi connectivity index (χ0n) is 18.6. The number of carbonyl (C=O) groups is 2. The third-order valence-corrected chi connectivity index (χ3v) is 6.32. The van der Waals surface area contributed by atoms with Gasteiger partial charge in [0, 0.05) is 31.1 Å². The number of likely N-dealkylation sites (tertiary alicyclic amines) is 1. The van der Waals surface area contributed by atoms with E-state index < -0.39 is 0 Å². The predicted molar refractivity (Wildman–Crippen MR) is 121 cm³/mol. The molecule has 3 amide bonds. The second kappa shape index (κ2) is 9.59. The van der Waals surface area contributed by atoms with Crippen molar-refractivity contribution in [3.8, 4) is 5.75 Å². The van der Waals surface area contributed by atoms with Crippen LogP contribution in [0.25, 0.3) is 0 Å².